The molecule has 26 heavy (non-hydrogen) atoms. The number of ether oxygens (including phenoxy) is 2. The standard InChI is InChI=1S/C20H20FNO2S.ClH/c1-23-19-6-2-4-16(12-22-13-18-5-3-11-25-18)20(19)24-14-15-7-9-17(21)10-8-15;/h2-11,22H,12-14H2,1H3;1H. The second-order valence-electron chi connectivity index (χ2n) is 5.55. The van der Waals surface area contributed by atoms with Gasteiger partial charge in [-0.25, -0.2) is 4.39 Å². The lowest BCUT2D eigenvalue weighted by Gasteiger charge is -2.15. The highest BCUT2D eigenvalue weighted by molar-refractivity contribution is 7.09. The average Bonchev–Trinajstić information content (AvgIpc) is 3.15. The number of hydrogen-bond acceptors (Lipinski definition) is 4. The van der Waals surface area contributed by atoms with E-state index in [4.69, 9.17) is 9.47 Å². The Morgan fingerprint density at radius 1 is 1.00 bits per heavy atom. The predicted octanol–water partition coefficient (Wildman–Crippen LogP) is 5.19. The third-order valence-electron chi connectivity index (χ3n) is 3.77. The van der Waals surface area contributed by atoms with Crippen molar-refractivity contribution in [2.75, 3.05) is 7.11 Å². The van der Waals surface area contributed by atoms with E-state index < -0.39 is 0 Å². The average molecular weight is 394 g/mol. The van der Waals surface area contributed by atoms with E-state index in [1.54, 1.807) is 30.6 Å². The third-order valence-corrected chi connectivity index (χ3v) is 4.65. The number of methoxy groups -OCH3 is 1. The fourth-order valence-electron chi connectivity index (χ4n) is 2.49. The minimum atomic E-state index is -0.250. The number of para-hydroxylation sites is 1. The number of nitrogens with one attached hydrogen (secondary N) is 1. The summed E-state index contributed by atoms with van der Waals surface area (Å²) in [6.07, 6.45) is 0. The Morgan fingerprint density at radius 3 is 2.50 bits per heavy atom. The smallest absolute Gasteiger partial charge is 0.166 e. The minimum Gasteiger partial charge on any atom is -0.493 e. The van der Waals surface area contributed by atoms with E-state index in [2.05, 4.69) is 16.8 Å². The monoisotopic (exact) mass is 393 g/mol. The van der Waals surface area contributed by atoms with Gasteiger partial charge in [0.1, 0.15) is 12.4 Å². The summed E-state index contributed by atoms with van der Waals surface area (Å²) in [6, 6.07) is 16.3. The second-order valence-corrected chi connectivity index (χ2v) is 6.58. The highest BCUT2D eigenvalue weighted by atomic mass is 35.5. The van der Waals surface area contributed by atoms with Gasteiger partial charge >= 0.3 is 0 Å². The Hall–Kier alpha value is -2.08. The molecule has 1 N–H and O–H groups in total. The van der Waals surface area contributed by atoms with Crippen LogP contribution in [0.2, 0.25) is 0 Å². The molecule has 0 unspecified atom stereocenters. The third kappa shape index (κ3) is 5.46. The van der Waals surface area contributed by atoms with Crippen molar-refractivity contribution in [3.8, 4) is 11.5 Å². The van der Waals surface area contributed by atoms with Crippen molar-refractivity contribution in [2.45, 2.75) is 19.7 Å². The molecule has 0 aliphatic carbocycles. The van der Waals surface area contributed by atoms with Crippen LogP contribution in [0.4, 0.5) is 4.39 Å². The Balaban J connectivity index is 0.00000243. The molecule has 0 spiro atoms. The fourth-order valence-corrected chi connectivity index (χ4v) is 3.17. The van der Waals surface area contributed by atoms with Crippen LogP contribution in [0.5, 0.6) is 11.5 Å². The van der Waals surface area contributed by atoms with Crippen molar-refractivity contribution in [1.29, 1.82) is 0 Å². The molecule has 0 fully saturated rings. The van der Waals surface area contributed by atoms with Gasteiger partial charge in [0.25, 0.3) is 0 Å². The summed E-state index contributed by atoms with van der Waals surface area (Å²) in [4.78, 5) is 1.29. The lowest BCUT2D eigenvalue weighted by atomic mass is 10.1. The van der Waals surface area contributed by atoms with E-state index in [9.17, 15) is 4.39 Å². The molecule has 3 aromatic rings. The Labute approximate surface area is 163 Å². The van der Waals surface area contributed by atoms with E-state index in [-0.39, 0.29) is 18.2 Å². The maximum atomic E-state index is 13.0. The summed E-state index contributed by atoms with van der Waals surface area (Å²) in [5.74, 6) is 1.16. The van der Waals surface area contributed by atoms with Gasteiger partial charge in [-0.1, -0.05) is 30.3 Å². The molecule has 1 heterocycles. The molecular formula is C20H21ClFNO2S. The highest BCUT2D eigenvalue weighted by Crippen LogP contribution is 2.32. The topological polar surface area (TPSA) is 30.5 Å². The molecule has 0 aliphatic heterocycles. The van der Waals surface area contributed by atoms with Gasteiger partial charge in [-0.05, 0) is 35.2 Å². The maximum Gasteiger partial charge on any atom is 0.166 e. The Kier molecular flexibility index (Phi) is 7.91. The maximum absolute atomic E-state index is 13.0. The van der Waals surface area contributed by atoms with Crippen LogP contribution in [0.15, 0.2) is 60.0 Å². The van der Waals surface area contributed by atoms with Gasteiger partial charge in [0.15, 0.2) is 11.5 Å². The normalized spacial score (nSPS) is 10.2. The van der Waals surface area contributed by atoms with Crippen molar-refractivity contribution in [3.05, 3.63) is 81.8 Å². The minimum absolute atomic E-state index is 0. The number of benzene rings is 2. The molecular weight excluding hydrogens is 373 g/mol. The zero-order valence-corrected chi connectivity index (χ0v) is 16.0. The fraction of sp³-hybridized carbons (Fsp3) is 0.200. The lowest BCUT2D eigenvalue weighted by molar-refractivity contribution is 0.280. The van der Waals surface area contributed by atoms with Crippen LogP contribution in [0, 0.1) is 5.82 Å². The lowest BCUT2D eigenvalue weighted by Crippen LogP contribution is -2.13. The van der Waals surface area contributed by atoms with Gasteiger partial charge in [-0.2, -0.15) is 0 Å². The van der Waals surface area contributed by atoms with Gasteiger partial charge in [-0.15, -0.1) is 23.7 Å². The van der Waals surface area contributed by atoms with Gasteiger partial charge in [0.05, 0.1) is 7.11 Å². The first-order chi connectivity index (χ1) is 12.3. The zero-order valence-electron chi connectivity index (χ0n) is 14.4. The van der Waals surface area contributed by atoms with Gasteiger partial charge < -0.3 is 14.8 Å². The first kappa shape index (κ1) is 20.2. The van der Waals surface area contributed by atoms with Crippen LogP contribution >= 0.6 is 23.7 Å². The van der Waals surface area contributed by atoms with Crippen LogP contribution in [0.25, 0.3) is 0 Å². The van der Waals surface area contributed by atoms with Gasteiger partial charge in [0.2, 0.25) is 0 Å². The van der Waals surface area contributed by atoms with Crippen LogP contribution in [0.1, 0.15) is 16.0 Å². The summed E-state index contributed by atoms with van der Waals surface area (Å²) in [5, 5.41) is 5.50. The molecule has 3 nitrogen and oxygen atoms in total. The van der Waals surface area contributed by atoms with Crippen molar-refractivity contribution in [3.63, 3.8) is 0 Å². The second kappa shape index (κ2) is 10.2. The van der Waals surface area contributed by atoms with Gasteiger partial charge in [0, 0.05) is 23.5 Å². The first-order valence-electron chi connectivity index (χ1n) is 8.02. The summed E-state index contributed by atoms with van der Waals surface area (Å²) in [7, 11) is 1.63. The molecule has 0 aliphatic rings. The molecule has 3 rings (SSSR count). The summed E-state index contributed by atoms with van der Waals surface area (Å²) in [6.45, 7) is 1.85. The zero-order chi connectivity index (χ0) is 17.5. The van der Waals surface area contributed by atoms with Crippen LogP contribution in [-0.4, -0.2) is 7.11 Å². The molecule has 2 aromatic carbocycles. The van der Waals surface area contributed by atoms with E-state index in [1.165, 1.54) is 17.0 Å². The molecule has 0 atom stereocenters. The van der Waals surface area contributed by atoms with E-state index in [1.807, 2.05) is 24.3 Å². The summed E-state index contributed by atoms with van der Waals surface area (Å²) < 4.78 is 24.4. The van der Waals surface area contributed by atoms with Crippen LogP contribution in [-0.2, 0) is 19.7 Å². The largest absolute Gasteiger partial charge is 0.493 e. The molecule has 6 heteroatoms. The number of rotatable bonds is 8. The summed E-state index contributed by atoms with van der Waals surface area (Å²) >= 11 is 1.73. The van der Waals surface area contributed by atoms with Gasteiger partial charge in [-0.3, -0.25) is 0 Å². The Morgan fingerprint density at radius 2 is 1.81 bits per heavy atom. The molecule has 0 amide bonds. The number of thiophene rings is 1. The van der Waals surface area contributed by atoms with Crippen molar-refractivity contribution >= 4 is 23.7 Å². The van der Waals surface area contributed by atoms with Crippen LogP contribution in [0.3, 0.4) is 0 Å². The van der Waals surface area contributed by atoms with E-state index in [0.717, 1.165) is 17.7 Å². The van der Waals surface area contributed by atoms with Crippen molar-refractivity contribution in [1.82, 2.24) is 5.32 Å². The Bertz CT molecular complexity index is 794. The highest BCUT2D eigenvalue weighted by Gasteiger charge is 2.11. The predicted molar refractivity (Wildman–Crippen MR) is 106 cm³/mol. The molecule has 1 aromatic heterocycles. The molecule has 0 radical (unpaired) electrons. The van der Waals surface area contributed by atoms with Crippen molar-refractivity contribution < 1.29 is 13.9 Å². The molecule has 0 bridgehead atoms. The van der Waals surface area contributed by atoms with Crippen LogP contribution < -0.4 is 14.8 Å². The number of halogens is 2. The van der Waals surface area contributed by atoms with E-state index >= 15 is 0 Å². The molecule has 0 saturated heterocycles. The molecule has 0 saturated carbocycles. The quantitative estimate of drug-likeness (QED) is 0.571. The van der Waals surface area contributed by atoms with Crippen molar-refractivity contribution in [2.24, 2.45) is 0 Å². The summed E-state index contributed by atoms with van der Waals surface area (Å²) in [5.41, 5.74) is 1.93. The van der Waals surface area contributed by atoms with E-state index in [0.29, 0.717) is 24.7 Å². The first-order valence-corrected chi connectivity index (χ1v) is 8.90. The number of hydrogen-bond donors (Lipinski definition) is 1. The molecule has 138 valence electrons. The SMILES string of the molecule is COc1cccc(CNCc2cccs2)c1OCc1ccc(F)cc1.Cl.